The maximum absolute atomic E-state index is 12.5. The predicted octanol–water partition coefficient (Wildman–Crippen LogP) is 3.09. The highest BCUT2D eigenvalue weighted by atomic mass is 35.5. The number of hydrogen-bond acceptors (Lipinski definition) is 4. The van der Waals surface area contributed by atoms with E-state index < -0.39 is 11.8 Å². The summed E-state index contributed by atoms with van der Waals surface area (Å²) < 4.78 is 0. The number of rotatable bonds is 4. The van der Waals surface area contributed by atoms with Gasteiger partial charge in [0, 0.05) is 16.8 Å². The molecule has 1 heterocycles. The van der Waals surface area contributed by atoms with Gasteiger partial charge in [-0.3, -0.25) is 9.59 Å². The number of nitrogens with one attached hydrogen (secondary N) is 1. The second kappa shape index (κ2) is 7.27. The van der Waals surface area contributed by atoms with E-state index in [1.807, 2.05) is 18.2 Å². The highest BCUT2D eigenvalue weighted by molar-refractivity contribution is 6.31. The first-order chi connectivity index (χ1) is 12.1. The highest BCUT2D eigenvalue weighted by Gasteiger charge is 2.33. The summed E-state index contributed by atoms with van der Waals surface area (Å²) in [5, 5.41) is 9.96. The molecule has 0 saturated carbocycles. The molecule has 0 aromatic heterocycles. The van der Waals surface area contributed by atoms with Crippen molar-refractivity contribution in [3.8, 4) is 0 Å². The van der Waals surface area contributed by atoms with Crippen molar-refractivity contribution in [2.45, 2.75) is 6.92 Å². The number of carbonyl (C=O) groups excluding carboxylic acids is 2. The SMILES string of the molecule is CC1=NN(c2ccccc2)C(=O)[C@H]1/C=N\NC(=O)c1cccc(Cl)c1. The van der Waals surface area contributed by atoms with E-state index in [0.717, 1.165) is 0 Å². The summed E-state index contributed by atoms with van der Waals surface area (Å²) in [4.78, 5) is 24.5. The average molecular weight is 355 g/mol. The summed E-state index contributed by atoms with van der Waals surface area (Å²) in [6.45, 7) is 1.75. The largest absolute Gasteiger partial charge is 0.271 e. The van der Waals surface area contributed by atoms with E-state index in [4.69, 9.17) is 11.6 Å². The topological polar surface area (TPSA) is 74.1 Å². The van der Waals surface area contributed by atoms with Gasteiger partial charge in [0.2, 0.25) is 0 Å². The fourth-order valence-electron chi connectivity index (χ4n) is 2.37. The monoisotopic (exact) mass is 354 g/mol. The van der Waals surface area contributed by atoms with Crippen LogP contribution in [0.3, 0.4) is 0 Å². The quantitative estimate of drug-likeness (QED) is 0.676. The molecule has 1 atom stereocenters. The number of hydrogen-bond donors (Lipinski definition) is 1. The van der Waals surface area contributed by atoms with Crippen LogP contribution in [0.15, 0.2) is 64.8 Å². The number of hydrazone groups is 2. The van der Waals surface area contributed by atoms with Crippen LogP contribution in [-0.2, 0) is 4.79 Å². The molecular formula is C18H15ClN4O2. The van der Waals surface area contributed by atoms with E-state index in [1.165, 1.54) is 17.3 Å². The van der Waals surface area contributed by atoms with Gasteiger partial charge < -0.3 is 0 Å². The second-order valence-corrected chi connectivity index (χ2v) is 5.87. The molecule has 126 valence electrons. The Balaban J connectivity index is 1.67. The van der Waals surface area contributed by atoms with Crippen LogP contribution in [0.2, 0.25) is 5.02 Å². The molecule has 0 fully saturated rings. The summed E-state index contributed by atoms with van der Waals surface area (Å²) >= 11 is 5.85. The second-order valence-electron chi connectivity index (χ2n) is 5.43. The van der Waals surface area contributed by atoms with Gasteiger partial charge in [0.1, 0.15) is 5.92 Å². The lowest BCUT2D eigenvalue weighted by Crippen LogP contribution is -2.29. The van der Waals surface area contributed by atoms with Gasteiger partial charge in [-0.25, -0.2) is 5.43 Å². The lowest BCUT2D eigenvalue weighted by Gasteiger charge is -2.12. The van der Waals surface area contributed by atoms with Gasteiger partial charge in [-0.15, -0.1) is 0 Å². The van der Waals surface area contributed by atoms with Crippen molar-refractivity contribution in [2.75, 3.05) is 5.01 Å². The maximum Gasteiger partial charge on any atom is 0.271 e. The number of amides is 2. The van der Waals surface area contributed by atoms with E-state index in [-0.39, 0.29) is 5.91 Å². The van der Waals surface area contributed by atoms with Crippen LogP contribution in [0.4, 0.5) is 5.69 Å². The molecule has 0 aliphatic carbocycles. The van der Waals surface area contributed by atoms with Crippen molar-refractivity contribution in [3.05, 3.63) is 65.2 Å². The third-order valence-corrected chi connectivity index (χ3v) is 3.89. The highest BCUT2D eigenvalue weighted by Crippen LogP contribution is 2.22. The van der Waals surface area contributed by atoms with E-state index in [9.17, 15) is 9.59 Å². The average Bonchev–Trinajstić information content (AvgIpc) is 2.90. The minimum absolute atomic E-state index is 0.218. The summed E-state index contributed by atoms with van der Waals surface area (Å²) in [6, 6.07) is 15.7. The van der Waals surface area contributed by atoms with E-state index >= 15 is 0 Å². The normalized spacial score (nSPS) is 17.0. The third-order valence-electron chi connectivity index (χ3n) is 3.66. The van der Waals surface area contributed by atoms with Gasteiger partial charge >= 0.3 is 0 Å². The van der Waals surface area contributed by atoms with Crippen molar-refractivity contribution < 1.29 is 9.59 Å². The summed E-state index contributed by atoms with van der Waals surface area (Å²) in [7, 11) is 0. The first-order valence-corrected chi connectivity index (χ1v) is 7.97. The van der Waals surface area contributed by atoms with Crippen LogP contribution in [0.1, 0.15) is 17.3 Å². The van der Waals surface area contributed by atoms with E-state index in [2.05, 4.69) is 15.6 Å². The van der Waals surface area contributed by atoms with Crippen molar-refractivity contribution in [3.63, 3.8) is 0 Å². The Kier molecular flexibility index (Phi) is 4.90. The van der Waals surface area contributed by atoms with Crippen molar-refractivity contribution in [1.82, 2.24) is 5.43 Å². The molecule has 7 heteroatoms. The molecule has 1 N–H and O–H groups in total. The zero-order valence-corrected chi connectivity index (χ0v) is 14.1. The molecule has 2 aromatic rings. The molecule has 6 nitrogen and oxygen atoms in total. The van der Waals surface area contributed by atoms with Crippen LogP contribution in [-0.4, -0.2) is 23.7 Å². The molecule has 2 aromatic carbocycles. The Bertz CT molecular complexity index is 864. The molecule has 0 saturated heterocycles. The number of benzene rings is 2. The Morgan fingerprint density at radius 2 is 2.00 bits per heavy atom. The Morgan fingerprint density at radius 1 is 1.24 bits per heavy atom. The molecule has 0 radical (unpaired) electrons. The van der Waals surface area contributed by atoms with E-state index in [1.54, 1.807) is 37.3 Å². The van der Waals surface area contributed by atoms with Gasteiger partial charge in [-0.05, 0) is 37.3 Å². The summed E-state index contributed by atoms with van der Waals surface area (Å²) in [5.41, 5.74) is 4.07. The molecular weight excluding hydrogens is 340 g/mol. The lowest BCUT2D eigenvalue weighted by atomic mass is 10.1. The van der Waals surface area contributed by atoms with Crippen LogP contribution in [0, 0.1) is 5.92 Å². The minimum atomic E-state index is -0.611. The van der Waals surface area contributed by atoms with Gasteiger partial charge in [0.05, 0.1) is 11.4 Å². The van der Waals surface area contributed by atoms with Gasteiger partial charge in [0.15, 0.2) is 0 Å². The van der Waals surface area contributed by atoms with Gasteiger partial charge in [-0.2, -0.15) is 15.2 Å². The van der Waals surface area contributed by atoms with E-state index in [0.29, 0.717) is 22.0 Å². The van der Waals surface area contributed by atoms with Crippen molar-refractivity contribution in [2.24, 2.45) is 16.1 Å². The first kappa shape index (κ1) is 16.9. The Morgan fingerprint density at radius 3 is 2.72 bits per heavy atom. The molecule has 1 aliphatic heterocycles. The Hall–Kier alpha value is -2.99. The zero-order chi connectivity index (χ0) is 17.8. The molecule has 0 spiro atoms. The number of halogens is 1. The molecule has 2 amide bonds. The van der Waals surface area contributed by atoms with Gasteiger partial charge in [0.25, 0.3) is 11.8 Å². The number of nitrogens with zero attached hydrogens (tertiary/aromatic N) is 3. The van der Waals surface area contributed by atoms with Crippen LogP contribution >= 0.6 is 11.6 Å². The fourth-order valence-corrected chi connectivity index (χ4v) is 2.56. The van der Waals surface area contributed by atoms with Crippen molar-refractivity contribution in [1.29, 1.82) is 0 Å². The first-order valence-electron chi connectivity index (χ1n) is 7.59. The number of carbonyl (C=O) groups is 2. The minimum Gasteiger partial charge on any atom is -0.271 e. The maximum atomic E-state index is 12.5. The zero-order valence-electron chi connectivity index (χ0n) is 13.4. The molecule has 1 aliphatic rings. The smallest absolute Gasteiger partial charge is 0.271 e. The third kappa shape index (κ3) is 3.75. The Labute approximate surface area is 149 Å². The standard InChI is InChI=1S/C18H15ClN4O2/c1-12-16(18(25)23(22-12)15-8-3-2-4-9-15)11-20-21-17(24)13-6-5-7-14(19)10-13/h2-11,16H,1H3,(H,21,24)/b20-11-/t16-/m0/s1. The number of anilines is 1. The van der Waals surface area contributed by atoms with Crippen LogP contribution in [0.5, 0.6) is 0 Å². The van der Waals surface area contributed by atoms with Gasteiger partial charge in [-0.1, -0.05) is 35.9 Å². The van der Waals surface area contributed by atoms with Crippen LogP contribution in [0.25, 0.3) is 0 Å². The number of para-hydroxylation sites is 1. The molecule has 25 heavy (non-hydrogen) atoms. The summed E-state index contributed by atoms with van der Waals surface area (Å²) in [6.07, 6.45) is 1.38. The van der Waals surface area contributed by atoms with Crippen LogP contribution < -0.4 is 10.4 Å². The molecule has 0 bridgehead atoms. The van der Waals surface area contributed by atoms with Crippen molar-refractivity contribution >= 4 is 41.0 Å². The molecule has 3 rings (SSSR count). The lowest BCUT2D eigenvalue weighted by molar-refractivity contribution is -0.118. The summed E-state index contributed by atoms with van der Waals surface area (Å²) in [5.74, 6) is -1.23. The fraction of sp³-hybridized carbons (Fsp3) is 0.111. The molecule has 0 unspecified atom stereocenters. The predicted molar refractivity (Wildman–Crippen MR) is 97.9 cm³/mol.